The molecule has 1 fully saturated rings. The highest BCUT2D eigenvalue weighted by Crippen LogP contribution is 2.36. The van der Waals surface area contributed by atoms with Gasteiger partial charge in [0, 0.05) is 29.9 Å². The lowest BCUT2D eigenvalue weighted by atomic mass is 10.0. The predicted octanol–water partition coefficient (Wildman–Crippen LogP) is 2.40. The molecule has 1 amide bonds. The number of rotatable bonds is 4. The fraction of sp³-hybridized carbons (Fsp3) is 0.474. The highest BCUT2D eigenvalue weighted by molar-refractivity contribution is 7.89. The Hall–Kier alpha value is -2.19. The Morgan fingerprint density at radius 1 is 1.33 bits per heavy atom. The molecule has 0 aliphatic carbocycles. The molecule has 1 unspecified atom stereocenters. The van der Waals surface area contributed by atoms with Crippen molar-refractivity contribution >= 4 is 33.2 Å². The molecule has 1 N–H and O–H groups in total. The molecule has 0 radical (unpaired) electrons. The number of carbonyl (C=O) groups excluding carboxylic acids is 2. The van der Waals surface area contributed by atoms with E-state index in [0.29, 0.717) is 36.2 Å². The molecule has 0 aromatic heterocycles. The van der Waals surface area contributed by atoms with Crippen LogP contribution in [0, 0.1) is 5.92 Å². The number of allylic oxidation sites excluding steroid dienone is 1. The Balaban J connectivity index is 1.91. The fourth-order valence-electron chi connectivity index (χ4n) is 3.57. The normalized spacial score (nSPS) is 20.2. The van der Waals surface area contributed by atoms with E-state index in [2.05, 4.69) is 5.32 Å². The summed E-state index contributed by atoms with van der Waals surface area (Å²) in [6.45, 7) is 6.13. The van der Waals surface area contributed by atoms with E-state index in [1.165, 1.54) is 10.4 Å². The number of carbonyl (C=O) groups is 2. The fourth-order valence-corrected chi connectivity index (χ4v) is 5.12. The van der Waals surface area contributed by atoms with E-state index in [1.807, 2.05) is 13.8 Å². The number of ether oxygens (including phenoxy) is 1. The van der Waals surface area contributed by atoms with E-state index < -0.39 is 15.9 Å². The van der Waals surface area contributed by atoms with E-state index in [0.717, 1.165) is 5.57 Å². The molecule has 7 nitrogen and oxygen atoms in total. The van der Waals surface area contributed by atoms with Gasteiger partial charge in [-0.05, 0) is 51.8 Å². The summed E-state index contributed by atoms with van der Waals surface area (Å²) in [5.41, 5.74) is 2.53. The van der Waals surface area contributed by atoms with Crippen molar-refractivity contribution in [3.05, 3.63) is 29.3 Å². The molecule has 146 valence electrons. The van der Waals surface area contributed by atoms with Gasteiger partial charge in [-0.2, -0.15) is 4.31 Å². The van der Waals surface area contributed by atoms with E-state index in [1.54, 1.807) is 19.1 Å². The summed E-state index contributed by atoms with van der Waals surface area (Å²) >= 11 is 0. The molecule has 3 rings (SSSR count). The van der Waals surface area contributed by atoms with Crippen LogP contribution in [0.25, 0.3) is 5.57 Å². The standard InChI is InChI=1S/C19H24N2O5S/c1-4-26-19(23)13-6-5-9-21(11-13)27(24,25)14-7-8-16-15(10-14)17(12(2)3)18(22)20-16/h7-8,10,13H,4-6,9,11H2,1-3H3,(H,20,22). The van der Waals surface area contributed by atoms with Crippen molar-refractivity contribution in [2.75, 3.05) is 25.0 Å². The summed E-state index contributed by atoms with van der Waals surface area (Å²) in [6.07, 6.45) is 1.22. The minimum atomic E-state index is -3.77. The van der Waals surface area contributed by atoms with E-state index in [9.17, 15) is 18.0 Å². The average molecular weight is 392 g/mol. The van der Waals surface area contributed by atoms with Crippen molar-refractivity contribution in [1.29, 1.82) is 0 Å². The van der Waals surface area contributed by atoms with Gasteiger partial charge in [0.15, 0.2) is 0 Å². The smallest absolute Gasteiger partial charge is 0.310 e. The first kappa shape index (κ1) is 19.6. The van der Waals surface area contributed by atoms with Crippen LogP contribution in [0.4, 0.5) is 5.69 Å². The zero-order chi connectivity index (χ0) is 19.8. The molecule has 2 heterocycles. The van der Waals surface area contributed by atoms with Crippen LogP contribution < -0.4 is 5.32 Å². The predicted molar refractivity (Wildman–Crippen MR) is 101 cm³/mol. The van der Waals surface area contributed by atoms with Gasteiger partial charge < -0.3 is 10.1 Å². The first-order valence-electron chi connectivity index (χ1n) is 9.05. The molecule has 0 saturated carbocycles. The lowest BCUT2D eigenvalue weighted by Crippen LogP contribution is -2.42. The molecular formula is C19H24N2O5S. The van der Waals surface area contributed by atoms with E-state index in [4.69, 9.17) is 4.74 Å². The minimum Gasteiger partial charge on any atom is -0.466 e. The quantitative estimate of drug-likeness (QED) is 0.627. The highest BCUT2D eigenvalue weighted by atomic mass is 32.2. The minimum absolute atomic E-state index is 0.116. The third kappa shape index (κ3) is 3.64. The van der Waals surface area contributed by atoms with Crippen LogP contribution in [0.15, 0.2) is 28.7 Å². The van der Waals surface area contributed by atoms with Gasteiger partial charge in [-0.15, -0.1) is 0 Å². The monoisotopic (exact) mass is 392 g/mol. The van der Waals surface area contributed by atoms with Gasteiger partial charge in [0.2, 0.25) is 10.0 Å². The van der Waals surface area contributed by atoms with Crippen molar-refractivity contribution in [2.45, 2.75) is 38.5 Å². The third-order valence-corrected chi connectivity index (χ3v) is 6.74. The number of hydrogen-bond acceptors (Lipinski definition) is 5. The molecule has 2 aliphatic rings. The highest BCUT2D eigenvalue weighted by Gasteiger charge is 2.35. The molecule has 2 aliphatic heterocycles. The second-order valence-electron chi connectivity index (χ2n) is 6.99. The Bertz CT molecular complexity index is 916. The average Bonchev–Trinajstić information content (AvgIpc) is 2.97. The Morgan fingerprint density at radius 2 is 2.07 bits per heavy atom. The SMILES string of the molecule is CCOC(=O)C1CCCN(S(=O)(=O)c2ccc3c(c2)C(=C(C)C)C(=O)N3)C1. The molecule has 27 heavy (non-hydrogen) atoms. The van der Waals surface area contributed by atoms with Crippen molar-refractivity contribution in [3.63, 3.8) is 0 Å². The molecular weight excluding hydrogens is 368 g/mol. The number of anilines is 1. The van der Waals surface area contributed by atoms with Crippen LogP contribution in [0.2, 0.25) is 0 Å². The summed E-state index contributed by atoms with van der Waals surface area (Å²) in [5.74, 6) is -1.02. The molecule has 1 aromatic rings. The zero-order valence-electron chi connectivity index (χ0n) is 15.7. The number of benzene rings is 1. The van der Waals surface area contributed by atoms with E-state index in [-0.39, 0.29) is 29.9 Å². The van der Waals surface area contributed by atoms with Crippen LogP contribution in [0.5, 0.6) is 0 Å². The maximum absolute atomic E-state index is 13.1. The van der Waals surface area contributed by atoms with Gasteiger partial charge in [0.1, 0.15) is 0 Å². The van der Waals surface area contributed by atoms with Crippen LogP contribution >= 0.6 is 0 Å². The number of amides is 1. The van der Waals surface area contributed by atoms with Crippen molar-refractivity contribution in [3.8, 4) is 0 Å². The van der Waals surface area contributed by atoms with Gasteiger partial charge in [-0.3, -0.25) is 9.59 Å². The number of nitrogens with zero attached hydrogens (tertiary/aromatic N) is 1. The van der Waals surface area contributed by atoms with Crippen molar-refractivity contribution in [2.24, 2.45) is 5.92 Å². The Morgan fingerprint density at radius 3 is 2.74 bits per heavy atom. The van der Waals surface area contributed by atoms with Crippen LogP contribution in [-0.4, -0.2) is 44.3 Å². The molecule has 1 saturated heterocycles. The molecule has 1 atom stereocenters. The topological polar surface area (TPSA) is 92.8 Å². The molecule has 8 heteroatoms. The number of sulfonamides is 1. The maximum atomic E-state index is 13.1. The molecule has 0 bridgehead atoms. The second-order valence-corrected chi connectivity index (χ2v) is 8.93. The summed E-state index contributed by atoms with van der Waals surface area (Å²) in [7, 11) is -3.77. The number of fused-ring (bicyclic) bond motifs is 1. The Labute approximate surface area is 159 Å². The summed E-state index contributed by atoms with van der Waals surface area (Å²) < 4.78 is 32.6. The van der Waals surface area contributed by atoms with Gasteiger partial charge in [-0.25, -0.2) is 8.42 Å². The van der Waals surface area contributed by atoms with Crippen molar-refractivity contribution in [1.82, 2.24) is 4.31 Å². The van der Waals surface area contributed by atoms with Gasteiger partial charge >= 0.3 is 5.97 Å². The van der Waals surface area contributed by atoms with Gasteiger partial charge in [-0.1, -0.05) is 5.57 Å². The summed E-state index contributed by atoms with van der Waals surface area (Å²) in [4.78, 5) is 24.3. The maximum Gasteiger partial charge on any atom is 0.310 e. The number of nitrogens with one attached hydrogen (secondary N) is 1. The second kappa shape index (κ2) is 7.44. The lowest BCUT2D eigenvalue weighted by molar-refractivity contribution is -0.149. The number of piperidine rings is 1. The first-order valence-corrected chi connectivity index (χ1v) is 10.5. The zero-order valence-corrected chi connectivity index (χ0v) is 16.6. The van der Waals surface area contributed by atoms with Crippen molar-refractivity contribution < 1.29 is 22.7 Å². The first-order chi connectivity index (χ1) is 12.8. The number of esters is 1. The van der Waals surface area contributed by atoms with Crippen LogP contribution in [0.1, 0.15) is 39.2 Å². The molecule has 0 spiro atoms. The third-order valence-electron chi connectivity index (χ3n) is 4.88. The van der Waals surface area contributed by atoms with E-state index >= 15 is 0 Å². The van der Waals surface area contributed by atoms with Crippen LogP contribution in [0.3, 0.4) is 0 Å². The largest absolute Gasteiger partial charge is 0.466 e. The Kier molecular flexibility index (Phi) is 5.39. The van der Waals surface area contributed by atoms with Crippen LogP contribution in [-0.2, 0) is 24.3 Å². The summed E-state index contributed by atoms with van der Waals surface area (Å²) in [5, 5.41) is 2.76. The van der Waals surface area contributed by atoms with Gasteiger partial charge in [0.25, 0.3) is 5.91 Å². The molecule has 1 aromatic carbocycles. The summed E-state index contributed by atoms with van der Waals surface area (Å²) in [6, 6.07) is 4.65. The lowest BCUT2D eigenvalue weighted by Gasteiger charge is -2.30. The van der Waals surface area contributed by atoms with Gasteiger partial charge in [0.05, 0.1) is 17.4 Å². The number of hydrogen-bond donors (Lipinski definition) is 1.